The Kier molecular flexibility index (Phi) is 5.51. The van der Waals surface area contributed by atoms with E-state index in [9.17, 15) is 4.79 Å². The van der Waals surface area contributed by atoms with Crippen molar-refractivity contribution in [2.24, 2.45) is 11.1 Å². The molecule has 0 aliphatic carbocycles. The van der Waals surface area contributed by atoms with Gasteiger partial charge in [-0.1, -0.05) is 35.5 Å². The number of benzene rings is 1. The number of furan rings is 1. The number of aromatic nitrogens is 2. The lowest BCUT2D eigenvalue weighted by molar-refractivity contribution is -0.115. The molecule has 1 aliphatic heterocycles. The first-order valence-corrected chi connectivity index (χ1v) is 9.36. The van der Waals surface area contributed by atoms with Crippen LogP contribution < -0.4 is 5.32 Å². The number of nitrogens with one attached hydrogen (secondary N) is 1. The predicted molar refractivity (Wildman–Crippen MR) is 103 cm³/mol. The molecule has 1 amide bonds. The number of hydrogen-bond donors (Lipinski definition) is 1. The summed E-state index contributed by atoms with van der Waals surface area (Å²) in [5.41, 5.74) is 1.53. The van der Waals surface area contributed by atoms with Gasteiger partial charge in [0.15, 0.2) is 11.8 Å². The standard InChI is InChI=1S/C21H22N4O3/c26-21(23-9-5-11-25-12-10-22-15-25)19-17(14-16-6-2-1-3-7-16)20(28-24-19)18-8-4-13-27-18/h1-4,6-8,10,12-13,15,17,20H,5,9,11,14H2,(H,23,26). The van der Waals surface area contributed by atoms with Crippen LogP contribution in [0.1, 0.15) is 23.8 Å². The normalized spacial score (nSPS) is 18.5. The number of nitrogens with zero attached hydrogens (tertiary/aromatic N) is 3. The minimum Gasteiger partial charge on any atom is -0.465 e. The molecular formula is C21H22N4O3. The summed E-state index contributed by atoms with van der Waals surface area (Å²) >= 11 is 0. The zero-order valence-corrected chi connectivity index (χ0v) is 15.4. The van der Waals surface area contributed by atoms with E-state index in [1.165, 1.54) is 0 Å². The Balaban J connectivity index is 1.41. The Hall–Kier alpha value is -3.35. The molecule has 2 atom stereocenters. The van der Waals surface area contributed by atoms with Crippen LogP contribution in [-0.2, 0) is 22.6 Å². The van der Waals surface area contributed by atoms with Crippen LogP contribution in [0.5, 0.6) is 0 Å². The SMILES string of the molecule is O=C(NCCCn1ccnc1)C1=NOC(c2ccco2)C1Cc1ccccc1. The third-order valence-electron chi connectivity index (χ3n) is 4.77. The summed E-state index contributed by atoms with van der Waals surface area (Å²) in [5, 5.41) is 7.06. The summed E-state index contributed by atoms with van der Waals surface area (Å²) in [6, 6.07) is 13.7. The van der Waals surface area contributed by atoms with Gasteiger partial charge < -0.3 is 19.1 Å². The quantitative estimate of drug-likeness (QED) is 0.611. The van der Waals surface area contributed by atoms with Gasteiger partial charge in [-0.3, -0.25) is 4.79 Å². The average molecular weight is 378 g/mol. The Morgan fingerprint density at radius 1 is 1.18 bits per heavy atom. The molecule has 7 heteroatoms. The number of rotatable bonds is 8. The minimum atomic E-state index is -0.401. The van der Waals surface area contributed by atoms with Crippen molar-refractivity contribution in [2.45, 2.75) is 25.5 Å². The van der Waals surface area contributed by atoms with Crippen molar-refractivity contribution in [3.05, 3.63) is 78.8 Å². The van der Waals surface area contributed by atoms with Gasteiger partial charge in [0.2, 0.25) is 0 Å². The van der Waals surface area contributed by atoms with Gasteiger partial charge in [0.25, 0.3) is 5.91 Å². The van der Waals surface area contributed by atoms with Crippen molar-refractivity contribution in [3.63, 3.8) is 0 Å². The van der Waals surface area contributed by atoms with Crippen molar-refractivity contribution >= 4 is 11.6 Å². The van der Waals surface area contributed by atoms with Crippen molar-refractivity contribution in [1.82, 2.24) is 14.9 Å². The molecule has 0 saturated heterocycles. The highest BCUT2D eigenvalue weighted by Crippen LogP contribution is 2.35. The van der Waals surface area contributed by atoms with Gasteiger partial charge in [-0.2, -0.15) is 0 Å². The number of carbonyl (C=O) groups excluding carboxylic acids is 1. The molecule has 0 saturated carbocycles. The number of amides is 1. The van der Waals surface area contributed by atoms with E-state index in [1.54, 1.807) is 18.8 Å². The van der Waals surface area contributed by atoms with Gasteiger partial charge in [-0.05, 0) is 30.5 Å². The molecule has 28 heavy (non-hydrogen) atoms. The highest BCUT2D eigenvalue weighted by molar-refractivity contribution is 6.40. The zero-order valence-electron chi connectivity index (χ0n) is 15.4. The van der Waals surface area contributed by atoms with E-state index < -0.39 is 6.10 Å². The number of hydrogen-bond acceptors (Lipinski definition) is 5. The molecule has 2 aromatic heterocycles. The Labute approximate surface area is 163 Å². The van der Waals surface area contributed by atoms with Crippen LogP contribution in [0.15, 0.2) is 77.0 Å². The molecule has 144 valence electrons. The monoisotopic (exact) mass is 378 g/mol. The maximum Gasteiger partial charge on any atom is 0.269 e. The fraction of sp³-hybridized carbons (Fsp3) is 0.286. The molecule has 1 aliphatic rings. The van der Waals surface area contributed by atoms with Crippen molar-refractivity contribution in [3.8, 4) is 0 Å². The van der Waals surface area contributed by atoms with Gasteiger partial charge >= 0.3 is 0 Å². The molecule has 1 N–H and O–H groups in total. The Morgan fingerprint density at radius 2 is 2.07 bits per heavy atom. The molecule has 0 fully saturated rings. The number of oxime groups is 1. The summed E-state index contributed by atoms with van der Waals surface area (Å²) in [5.74, 6) is 0.274. The smallest absolute Gasteiger partial charge is 0.269 e. The number of carbonyl (C=O) groups is 1. The molecule has 2 unspecified atom stereocenters. The van der Waals surface area contributed by atoms with Crippen molar-refractivity contribution in [2.75, 3.05) is 6.54 Å². The summed E-state index contributed by atoms with van der Waals surface area (Å²) in [7, 11) is 0. The van der Waals surface area contributed by atoms with Crippen LogP contribution in [0.3, 0.4) is 0 Å². The topological polar surface area (TPSA) is 81.7 Å². The van der Waals surface area contributed by atoms with E-state index in [0.29, 0.717) is 24.4 Å². The van der Waals surface area contributed by atoms with Crippen LogP contribution in [0.4, 0.5) is 0 Å². The number of aryl methyl sites for hydroxylation is 1. The lowest BCUT2D eigenvalue weighted by Gasteiger charge is -2.17. The lowest BCUT2D eigenvalue weighted by atomic mass is 9.88. The summed E-state index contributed by atoms with van der Waals surface area (Å²) < 4.78 is 7.49. The number of imidazole rings is 1. The maximum atomic E-state index is 12.8. The van der Waals surface area contributed by atoms with Gasteiger partial charge in [0, 0.05) is 25.5 Å². The molecular weight excluding hydrogens is 356 g/mol. The highest BCUT2D eigenvalue weighted by atomic mass is 16.7. The first kappa shape index (κ1) is 18.0. The third kappa shape index (κ3) is 4.14. The van der Waals surface area contributed by atoms with Crippen molar-refractivity contribution in [1.29, 1.82) is 0 Å². The van der Waals surface area contributed by atoms with Gasteiger partial charge in [0.05, 0.1) is 18.5 Å². The predicted octanol–water partition coefficient (Wildman–Crippen LogP) is 2.97. The summed E-state index contributed by atoms with van der Waals surface area (Å²) in [6.45, 7) is 1.35. The molecule has 0 spiro atoms. The van der Waals surface area contributed by atoms with Gasteiger partial charge in [-0.25, -0.2) is 4.98 Å². The highest BCUT2D eigenvalue weighted by Gasteiger charge is 2.40. The molecule has 0 bridgehead atoms. The van der Waals surface area contributed by atoms with E-state index in [4.69, 9.17) is 9.25 Å². The first-order valence-electron chi connectivity index (χ1n) is 9.36. The molecule has 3 heterocycles. The second-order valence-corrected chi connectivity index (χ2v) is 6.72. The van der Waals surface area contributed by atoms with Gasteiger partial charge in [-0.15, -0.1) is 0 Å². The van der Waals surface area contributed by atoms with Crippen LogP contribution >= 0.6 is 0 Å². The molecule has 7 nitrogen and oxygen atoms in total. The minimum absolute atomic E-state index is 0.194. The van der Waals surface area contributed by atoms with E-state index in [2.05, 4.69) is 15.5 Å². The van der Waals surface area contributed by atoms with Crippen LogP contribution in [-0.4, -0.2) is 27.7 Å². The average Bonchev–Trinajstić information content (AvgIpc) is 3.47. The van der Waals surface area contributed by atoms with Crippen LogP contribution in [0, 0.1) is 5.92 Å². The maximum absolute atomic E-state index is 12.8. The summed E-state index contributed by atoms with van der Waals surface area (Å²) in [4.78, 5) is 22.4. The Morgan fingerprint density at radius 3 is 2.82 bits per heavy atom. The molecule has 3 aromatic rings. The summed E-state index contributed by atoms with van der Waals surface area (Å²) in [6.07, 6.45) is 8.07. The lowest BCUT2D eigenvalue weighted by Crippen LogP contribution is -2.36. The van der Waals surface area contributed by atoms with E-state index in [-0.39, 0.29) is 11.8 Å². The van der Waals surface area contributed by atoms with E-state index in [1.807, 2.05) is 53.2 Å². The molecule has 0 radical (unpaired) electrons. The Bertz CT molecular complexity index is 905. The van der Waals surface area contributed by atoms with Crippen LogP contribution in [0.2, 0.25) is 0 Å². The fourth-order valence-electron chi connectivity index (χ4n) is 3.36. The fourth-order valence-corrected chi connectivity index (χ4v) is 3.36. The third-order valence-corrected chi connectivity index (χ3v) is 4.77. The second-order valence-electron chi connectivity index (χ2n) is 6.72. The first-order chi connectivity index (χ1) is 13.8. The second kappa shape index (κ2) is 8.56. The van der Waals surface area contributed by atoms with Crippen LogP contribution in [0.25, 0.3) is 0 Å². The largest absolute Gasteiger partial charge is 0.465 e. The van der Waals surface area contributed by atoms with E-state index in [0.717, 1.165) is 18.5 Å². The van der Waals surface area contributed by atoms with E-state index >= 15 is 0 Å². The molecule has 1 aromatic carbocycles. The van der Waals surface area contributed by atoms with Crippen molar-refractivity contribution < 1.29 is 14.0 Å². The zero-order chi connectivity index (χ0) is 19.2. The molecule has 4 rings (SSSR count). The van der Waals surface area contributed by atoms with Gasteiger partial charge in [0.1, 0.15) is 5.76 Å².